The van der Waals surface area contributed by atoms with Gasteiger partial charge in [0.05, 0.1) is 6.10 Å². The molecule has 0 bridgehead atoms. The van der Waals surface area contributed by atoms with E-state index in [-0.39, 0.29) is 6.10 Å². The van der Waals surface area contributed by atoms with Crippen molar-refractivity contribution in [3.05, 3.63) is 34.9 Å². The molecule has 0 saturated heterocycles. The fourth-order valence-electron chi connectivity index (χ4n) is 2.52. The van der Waals surface area contributed by atoms with Crippen LogP contribution in [0.15, 0.2) is 24.3 Å². The summed E-state index contributed by atoms with van der Waals surface area (Å²) in [5, 5.41) is 14.0. The molecular formula is C14H20ClNO. The Bertz CT molecular complexity index is 352. The molecule has 0 aromatic heterocycles. The number of aliphatic hydroxyl groups is 1. The molecule has 1 fully saturated rings. The largest absolute Gasteiger partial charge is 0.393 e. The van der Waals surface area contributed by atoms with Gasteiger partial charge < -0.3 is 10.4 Å². The highest BCUT2D eigenvalue weighted by Crippen LogP contribution is 2.22. The van der Waals surface area contributed by atoms with Crippen molar-refractivity contribution < 1.29 is 5.11 Å². The minimum atomic E-state index is -0.126. The zero-order valence-electron chi connectivity index (χ0n) is 10.2. The molecule has 0 amide bonds. The average molecular weight is 254 g/mol. The maximum Gasteiger partial charge on any atom is 0.0555 e. The molecule has 17 heavy (non-hydrogen) atoms. The van der Waals surface area contributed by atoms with E-state index < -0.39 is 0 Å². The molecule has 2 N–H and O–H groups in total. The summed E-state index contributed by atoms with van der Waals surface area (Å²) in [6.07, 6.45) is 3.98. The number of hydrogen-bond acceptors (Lipinski definition) is 2. The van der Waals surface area contributed by atoms with E-state index in [0.717, 1.165) is 30.7 Å². The van der Waals surface area contributed by atoms with Gasteiger partial charge in [0.1, 0.15) is 0 Å². The third kappa shape index (κ3) is 3.70. The SMILES string of the molecule is CC(NC1CCCC(O)C1)c1ccc(Cl)cc1. The minimum absolute atomic E-state index is 0.126. The van der Waals surface area contributed by atoms with Crippen LogP contribution in [0.3, 0.4) is 0 Å². The van der Waals surface area contributed by atoms with Gasteiger partial charge >= 0.3 is 0 Å². The summed E-state index contributed by atoms with van der Waals surface area (Å²) in [6, 6.07) is 8.70. The minimum Gasteiger partial charge on any atom is -0.393 e. The lowest BCUT2D eigenvalue weighted by Gasteiger charge is -2.29. The molecule has 1 aliphatic rings. The summed E-state index contributed by atoms with van der Waals surface area (Å²) >= 11 is 5.87. The maximum absolute atomic E-state index is 9.64. The number of nitrogens with one attached hydrogen (secondary N) is 1. The second kappa shape index (κ2) is 5.85. The Morgan fingerprint density at radius 2 is 2.00 bits per heavy atom. The molecule has 3 heteroatoms. The van der Waals surface area contributed by atoms with E-state index in [1.165, 1.54) is 5.56 Å². The fraction of sp³-hybridized carbons (Fsp3) is 0.571. The first-order chi connectivity index (χ1) is 8.15. The smallest absolute Gasteiger partial charge is 0.0555 e. The van der Waals surface area contributed by atoms with Crippen molar-refractivity contribution in [3.63, 3.8) is 0 Å². The molecule has 2 nitrogen and oxygen atoms in total. The molecule has 0 spiro atoms. The number of halogens is 1. The van der Waals surface area contributed by atoms with Crippen molar-refractivity contribution in [3.8, 4) is 0 Å². The lowest BCUT2D eigenvalue weighted by molar-refractivity contribution is 0.109. The maximum atomic E-state index is 9.64. The van der Waals surface area contributed by atoms with Crippen LogP contribution in [0.5, 0.6) is 0 Å². The van der Waals surface area contributed by atoms with E-state index in [9.17, 15) is 5.11 Å². The molecule has 1 aromatic rings. The fourth-order valence-corrected chi connectivity index (χ4v) is 2.64. The van der Waals surface area contributed by atoms with Gasteiger partial charge in [0.15, 0.2) is 0 Å². The number of benzene rings is 1. The molecular weight excluding hydrogens is 234 g/mol. The van der Waals surface area contributed by atoms with Gasteiger partial charge in [-0.3, -0.25) is 0 Å². The van der Waals surface area contributed by atoms with Gasteiger partial charge in [0.25, 0.3) is 0 Å². The van der Waals surface area contributed by atoms with Gasteiger partial charge in [0.2, 0.25) is 0 Å². The van der Waals surface area contributed by atoms with Crippen molar-refractivity contribution in [2.24, 2.45) is 0 Å². The van der Waals surface area contributed by atoms with Crippen LogP contribution >= 0.6 is 11.6 Å². The number of rotatable bonds is 3. The van der Waals surface area contributed by atoms with Crippen LogP contribution in [0.4, 0.5) is 0 Å². The predicted molar refractivity (Wildman–Crippen MR) is 71.3 cm³/mol. The first-order valence-corrected chi connectivity index (χ1v) is 6.72. The van der Waals surface area contributed by atoms with Crippen molar-refractivity contribution in [2.75, 3.05) is 0 Å². The van der Waals surface area contributed by atoms with Gasteiger partial charge in [-0.15, -0.1) is 0 Å². The van der Waals surface area contributed by atoms with Crippen LogP contribution in [0.25, 0.3) is 0 Å². The van der Waals surface area contributed by atoms with Crippen molar-refractivity contribution >= 4 is 11.6 Å². The van der Waals surface area contributed by atoms with Gasteiger partial charge in [-0.05, 0) is 50.3 Å². The van der Waals surface area contributed by atoms with Crippen LogP contribution in [-0.2, 0) is 0 Å². The van der Waals surface area contributed by atoms with Gasteiger partial charge in [0, 0.05) is 17.1 Å². The van der Waals surface area contributed by atoms with Crippen molar-refractivity contribution in [1.29, 1.82) is 0 Å². The second-order valence-corrected chi connectivity index (χ2v) is 5.39. The molecule has 0 aliphatic heterocycles. The summed E-state index contributed by atoms with van der Waals surface area (Å²) in [7, 11) is 0. The number of aliphatic hydroxyl groups excluding tert-OH is 1. The molecule has 1 aromatic carbocycles. The Labute approximate surface area is 108 Å². The van der Waals surface area contributed by atoms with Crippen LogP contribution in [-0.4, -0.2) is 17.3 Å². The molecule has 3 atom stereocenters. The van der Waals surface area contributed by atoms with E-state index in [4.69, 9.17) is 11.6 Å². The third-order valence-corrected chi connectivity index (χ3v) is 3.75. The van der Waals surface area contributed by atoms with E-state index in [0.29, 0.717) is 12.1 Å². The van der Waals surface area contributed by atoms with E-state index >= 15 is 0 Å². The second-order valence-electron chi connectivity index (χ2n) is 4.96. The van der Waals surface area contributed by atoms with Crippen LogP contribution in [0, 0.1) is 0 Å². The molecule has 3 unspecified atom stereocenters. The molecule has 2 rings (SSSR count). The summed E-state index contributed by atoms with van der Waals surface area (Å²) in [4.78, 5) is 0. The summed E-state index contributed by atoms with van der Waals surface area (Å²) < 4.78 is 0. The van der Waals surface area contributed by atoms with Crippen molar-refractivity contribution in [2.45, 2.75) is 50.8 Å². The Morgan fingerprint density at radius 3 is 2.65 bits per heavy atom. The monoisotopic (exact) mass is 253 g/mol. The first-order valence-electron chi connectivity index (χ1n) is 6.34. The Balaban J connectivity index is 1.91. The highest BCUT2D eigenvalue weighted by Gasteiger charge is 2.21. The predicted octanol–water partition coefficient (Wildman–Crippen LogP) is 3.29. The van der Waals surface area contributed by atoms with Crippen LogP contribution in [0.2, 0.25) is 5.02 Å². The zero-order chi connectivity index (χ0) is 12.3. The highest BCUT2D eigenvalue weighted by atomic mass is 35.5. The quantitative estimate of drug-likeness (QED) is 0.867. The summed E-state index contributed by atoms with van der Waals surface area (Å²) in [5.41, 5.74) is 1.24. The lowest BCUT2D eigenvalue weighted by atomic mass is 9.92. The van der Waals surface area contributed by atoms with Crippen LogP contribution in [0.1, 0.15) is 44.2 Å². The zero-order valence-corrected chi connectivity index (χ0v) is 11.0. The molecule has 1 aliphatic carbocycles. The topological polar surface area (TPSA) is 32.3 Å². The standard InChI is InChI=1S/C14H20ClNO/c1-10(11-5-7-12(15)8-6-11)16-13-3-2-4-14(17)9-13/h5-8,10,13-14,16-17H,2-4,9H2,1H3. The third-order valence-electron chi connectivity index (χ3n) is 3.50. The molecule has 0 radical (unpaired) electrons. The first kappa shape index (κ1) is 12.9. The summed E-state index contributed by atoms with van der Waals surface area (Å²) in [6.45, 7) is 2.16. The van der Waals surface area contributed by atoms with E-state index in [2.05, 4.69) is 24.4 Å². The van der Waals surface area contributed by atoms with E-state index in [1.54, 1.807) is 0 Å². The summed E-state index contributed by atoms with van der Waals surface area (Å²) in [5.74, 6) is 0. The van der Waals surface area contributed by atoms with Gasteiger partial charge in [-0.2, -0.15) is 0 Å². The Kier molecular flexibility index (Phi) is 4.43. The van der Waals surface area contributed by atoms with Crippen molar-refractivity contribution in [1.82, 2.24) is 5.32 Å². The Morgan fingerprint density at radius 1 is 1.29 bits per heavy atom. The van der Waals surface area contributed by atoms with Crippen LogP contribution < -0.4 is 5.32 Å². The average Bonchev–Trinajstić information content (AvgIpc) is 2.29. The van der Waals surface area contributed by atoms with Gasteiger partial charge in [-0.1, -0.05) is 23.7 Å². The van der Waals surface area contributed by atoms with E-state index in [1.807, 2.05) is 12.1 Å². The highest BCUT2D eigenvalue weighted by molar-refractivity contribution is 6.30. The van der Waals surface area contributed by atoms with Gasteiger partial charge in [-0.25, -0.2) is 0 Å². The normalized spacial score (nSPS) is 26.8. The number of hydrogen-bond donors (Lipinski definition) is 2. The molecule has 1 saturated carbocycles. The molecule has 0 heterocycles. The molecule has 94 valence electrons. The Hall–Kier alpha value is -0.570. The lowest BCUT2D eigenvalue weighted by Crippen LogP contribution is -2.37.